The molecule has 0 saturated heterocycles. The maximum Gasteiger partial charge on any atom is 0.368 e. The van der Waals surface area contributed by atoms with Crippen LogP contribution in [-0.4, -0.2) is 37.6 Å². The van der Waals surface area contributed by atoms with Crippen molar-refractivity contribution in [2.45, 2.75) is 39.2 Å². The summed E-state index contributed by atoms with van der Waals surface area (Å²) >= 11 is 0. The molecule has 23 heavy (non-hydrogen) atoms. The van der Waals surface area contributed by atoms with Crippen molar-refractivity contribution in [2.75, 3.05) is 6.61 Å². The summed E-state index contributed by atoms with van der Waals surface area (Å²) in [5, 5.41) is 16.8. The molecule has 1 aromatic heterocycles. The van der Waals surface area contributed by atoms with Gasteiger partial charge in [0.25, 0.3) is 0 Å². The number of ether oxygens (including phenoxy) is 1. The van der Waals surface area contributed by atoms with Gasteiger partial charge in [-0.2, -0.15) is 9.36 Å². The van der Waals surface area contributed by atoms with E-state index in [4.69, 9.17) is 4.74 Å². The Hall–Kier alpha value is -2.22. The van der Waals surface area contributed by atoms with Crippen LogP contribution >= 0.6 is 0 Å². The van der Waals surface area contributed by atoms with Gasteiger partial charge in [-0.25, -0.2) is 9.18 Å². The highest BCUT2D eigenvalue weighted by molar-refractivity contribution is 5.50. The molecule has 0 aliphatic rings. The molecule has 1 aromatic carbocycles. The molecule has 7 nitrogen and oxygen atoms in total. The zero-order chi connectivity index (χ0) is 17.4. The molecule has 126 valence electrons. The van der Waals surface area contributed by atoms with Crippen molar-refractivity contribution in [3.8, 4) is 11.4 Å². The van der Waals surface area contributed by atoms with Crippen LogP contribution in [0.1, 0.15) is 33.3 Å². The van der Waals surface area contributed by atoms with Crippen LogP contribution in [0.4, 0.5) is 4.39 Å². The van der Waals surface area contributed by atoms with Crippen LogP contribution in [0, 0.1) is 5.82 Å². The van der Waals surface area contributed by atoms with Gasteiger partial charge in [0.1, 0.15) is 23.9 Å². The molecule has 0 saturated carbocycles. The smallest absolute Gasteiger partial charge is 0.368 e. The Bertz CT molecular complexity index is 759. The molecule has 0 aliphatic carbocycles. The number of hydrogen-bond donors (Lipinski definition) is 1. The van der Waals surface area contributed by atoms with E-state index in [1.165, 1.54) is 19.2 Å². The molecule has 0 fully saturated rings. The molecule has 1 heterocycles. The fourth-order valence-electron chi connectivity index (χ4n) is 2.07. The Balaban J connectivity index is 2.64. The monoisotopic (exact) mass is 324 g/mol. The topological polar surface area (TPSA) is 82.2 Å². The number of aliphatic hydroxyl groups excluding tert-OH is 1. The van der Waals surface area contributed by atoms with Gasteiger partial charge in [-0.3, -0.25) is 0 Å². The molecule has 0 aliphatic heterocycles. The van der Waals surface area contributed by atoms with Crippen LogP contribution < -0.4 is 10.4 Å². The molecule has 2 rings (SSSR count). The summed E-state index contributed by atoms with van der Waals surface area (Å²) in [6, 6.07) is 2.74. The van der Waals surface area contributed by atoms with Crippen molar-refractivity contribution in [1.82, 2.24) is 19.8 Å². The Labute approximate surface area is 133 Å². The average Bonchev–Trinajstić information content (AvgIpc) is 2.75. The lowest BCUT2D eigenvalue weighted by Gasteiger charge is -2.22. The summed E-state index contributed by atoms with van der Waals surface area (Å²) in [6.45, 7) is 7.12. The second-order valence-electron chi connectivity index (χ2n) is 6.51. The third-order valence-corrected chi connectivity index (χ3v) is 3.29. The highest BCUT2D eigenvalue weighted by Crippen LogP contribution is 2.32. The summed E-state index contributed by atoms with van der Waals surface area (Å²) < 4.78 is 22.0. The lowest BCUT2D eigenvalue weighted by Crippen LogP contribution is -2.24. The van der Waals surface area contributed by atoms with Crippen molar-refractivity contribution in [3.63, 3.8) is 0 Å². The number of halogens is 1. The number of tetrazole rings is 1. The molecule has 8 heteroatoms. The number of rotatable bonds is 4. The third kappa shape index (κ3) is 3.58. The largest absolute Gasteiger partial charge is 0.489 e. The molecule has 0 unspecified atom stereocenters. The molecule has 0 spiro atoms. The summed E-state index contributed by atoms with van der Waals surface area (Å²) in [5.74, 6) is -0.321. The van der Waals surface area contributed by atoms with E-state index in [1.807, 2.05) is 20.8 Å². The molecule has 0 bridgehead atoms. The van der Waals surface area contributed by atoms with E-state index in [-0.39, 0.29) is 18.0 Å². The number of aliphatic hydroxyl groups is 1. The number of nitrogens with zero attached hydrogens (tertiary/aromatic N) is 4. The van der Waals surface area contributed by atoms with Crippen molar-refractivity contribution in [2.24, 2.45) is 7.05 Å². The first-order valence-electron chi connectivity index (χ1n) is 7.25. The van der Waals surface area contributed by atoms with Crippen molar-refractivity contribution in [3.05, 3.63) is 34.0 Å². The van der Waals surface area contributed by atoms with Crippen molar-refractivity contribution in [1.29, 1.82) is 0 Å². The molecule has 1 N–H and O–H groups in total. The molecule has 0 radical (unpaired) electrons. The Morgan fingerprint density at radius 1 is 1.35 bits per heavy atom. The van der Waals surface area contributed by atoms with Gasteiger partial charge < -0.3 is 9.84 Å². The predicted octanol–water partition coefficient (Wildman–Crippen LogP) is 1.16. The molecule has 2 aromatic rings. The van der Waals surface area contributed by atoms with Gasteiger partial charge in [0.2, 0.25) is 0 Å². The lowest BCUT2D eigenvalue weighted by molar-refractivity contribution is 0.122. The zero-order valence-electron chi connectivity index (χ0n) is 13.9. The van der Waals surface area contributed by atoms with E-state index >= 15 is 0 Å². The van der Waals surface area contributed by atoms with Crippen LogP contribution in [0.3, 0.4) is 0 Å². The summed E-state index contributed by atoms with van der Waals surface area (Å²) in [6.07, 6.45) is -0.730. The van der Waals surface area contributed by atoms with Crippen LogP contribution in [-0.2, 0) is 12.5 Å². The Morgan fingerprint density at radius 2 is 2.00 bits per heavy atom. The SMILES string of the molecule is C[C@H](O)COc1cc(F)c(C(C)(C)C)cc1-n1nnn(C)c1=O. The molecule has 0 amide bonds. The van der Waals surface area contributed by atoms with Gasteiger partial charge in [0.15, 0.2) is 0 Å². The molecule has 1 atom stereocenters. The highest BCUT2D eigenvalue weighted by Gasteiger charge is 2.23. The fourth-order valence-corrected chi connectivity index (χ4v) is 2.07. The van der Waals surface area contributed by atoms with E-state index in [2.05, 4.69) is 10.4 Å². The normalized spacial score (nSPS) is 13.2. The summed E-state index contributed by atoms with van der Waals surface area (Å²) in [5.41, 5.74) is -0.226. The van der Waals surface area contributed by atoms with Gasteiger partial charge in [0, 0.05) is 13.1 Å². The van der Waals surface area contributed by atoms with Gasteiger partial charge >= 0.3 is 5.69 Å². The van der Waals surface area contributed by atoms with Crippen LogP contribution in [0.2, 0.25) is 0 Å². The third-order valence-electron chi connectivity index (χ3n) is 3.29. The Kier molecular flexibility index (Phi) is 4.56. The van der Waals surface area contributed by atoms with Gasteiger partial charge in [-0.05, 0) is 34.4 Å². The molecular weight excluding hydrogens is 303 g/mol. The van der Waals surface area contributed by atoms with Gasteiger partial charge in [-0.1, -0.05) is 20.8 Å². The predicted molar refractivity (Wildman–Crippen MR) is 82.4 cm³/mol. The number of benzene rings is 1. The minimum absolute atomic E-state index is 0.0314. The summed E-state index contributed by atoms with van der Waals surface area (Å²) in [7, 11) is 1.47. The summed E-state index contributed by atoms with van der Waals surface area (Å²) in [4.78, 5) is 12.1. The van der Waals surface area contributed by atoms with Crippen LogP contribution in [0.25, 0.3) is 5.69 Å². The lowest BCUT2D eigenvalue weighted by atomic mass is 9.86. The zero-order valence-corrected chi connectivity index (χ0v) is 13.9. The average molecular weight is 324 g/mol. The van der Waals surface area contributed by atoms with E-state index in [9.17, 15) is 14.3 Å². The van der Waals surface area contributed by atoms with Crippen molar-refractivity contribution < 1.29 is 14.2 Å². The van der Waals surface area contributed by atoms with E-state index in [0.29, 0.717) is 5.56 Å². The molecular formula is C15H21FN4O3. The Morgan fingerprint density at radius 3 is 2.48 bits per heavy atom. The second-order valence-corrected chi connectivity index (χ2v) is 6.51. The van der Waals surface area contributed by atoms with E-state index < -0.39 is 23.0 Å². The van der Waals surface area contributed by atoms with Crippen LogP contribution in [0.15, 0.2) is 16.9 Å². The highest BCUT2D eigenvalue weighted by atomic mass is 19.1. The van der Waals surface area contributed by atoms with E-state index in [0.717, 1.165) is 9.36 Å². The first kappa shape index (κ1) is 17.1. The standard InChI is InChI=1S/C15H21FN4O3/c1-9(21)8-23-13-7-11(16)10(15(2,3)4)6-12(13)20-14(22)19(5)17-18-20/h6-7,9,21H,8H2,1-5H3/t9-/m0/s1. The number of aryl methyl sites for hydroxylation is 1. The number of aromatic nitrogens is 4. The number of hydrogen-bond acceptors (Lipinski definition) is 5. The first-order chi connectivity index (χ1) is 10.6. The maximum atomic E-state index is 14.4. The van der Waals surface area contributed by atoms with Gasteiger partial charge in [0.05, 0.1) is 6.10 Å². The minimum atomic E-state index is -0.730. The van der Waals surface area contributed by atoms with Crippen LogP contribution in [0.5, 0.6) is 5.75 Å². The minimum Gasteiger partial charge on any atom is -0.489 e. The fraction of sp³-hybridized carbons (Fsp3) is 0.533. The van der Waals surface area contributed by atoms with Gasteiger partial charge in [-0.15, -0.1) is 0 Å². The van der Waals surface area contributed by atoms with E-state index in [1.54, 1.807) is 6.92 Å². The second kappa shape index (κ2) is 6.11. The first-order valence-corrected chi connectivity index (χ1v) is 7.25. The quantitative estimate of drug-likeness (QED) is 0.913. The van der Waals surface area contributed by atoms with Crippen molar-refractivity contribution >= 4 is 0 Å². The maximum absolute atomic E-state index is 14.4.